The minimum absolute atomic E-state index is 0.00522. The van der Waals surface area contributed by atoms with E-state index < -0.39 is 17.7 Å². The van der Waals surface area contributed by atoms with Gasteiger partial charge < -0.3 is 9.84 Å². The highest BCUT2D eigenvalue weighted by molar-refractivity contribution is 6.06. The molecule has 3 aromatic rings. The van der Waals surface area contributed by atoms with E-state index in [0.717, 1.165) is 12.1 Å². The molecule has 3 aromatic heterocycles. The van der Waals surface area contributed by atoms with Crippen molar-refractivity contribution in [3.05, 3.63) is 47.3 Å². The van der Waals surface area contributed by atoms with Crippen molar-refractivity contribution in [3.63, 3.8) is 0 Å². The molecular weight excluding hydrogens is 350 g/mol. The van der Waals surface area contributed by atoms with E-state index in [9.17, 15) is 9.59 Å². The Labute approximate surface area is 152 Å². The Morgan fingerprint density at radius 1 is 1.41 bits per heavy atom. The Morgan fingerprint density at radius 2 is 2.30 bits per heavy atom. The number of fused-ring (bicyclic) bond motifs is 1. The number of nitrogens with zero attached hydrogens (tertiary/aromatic N) is 6. The molecule has 136 valence electrons. The Balaban J connectivity index is 1.44. The van der Waals surface area contributed by atoms with E-state index in [1.807, 2.05) is 6.92 Å². The van der Waals surface area contributed by atoms with Gasteiger partial charge in [0.25, 0.3) is 5.91 Å². The number of rotatable bonds is 5. The summed E-state index contributed by atoms with van der Waals surface area (Å²) in [6.45, 7) is 2.71. The van der Waals surface area contributed by atoms with Gasteiger partial charge in [-0.1, -0.05) is 11.2 Å². The molecule has 4 rings (SSSR count). The standard InChI is InChI=1S/C17H15N7O3/c1-2-24-9-11(7-20-24)15-21-13(27-23-15)8-19-16(25)12-6-10-4-3-5-18-14(10)22-17(12)26/h3-7,9,12H,2,8H2,1H3,(H,19,25). The first kappa shape index (κ1) is 16.8. The molecule has 0 bridgehead atoms. The molecule has 27 heavy (non-hydrogen) atoms. The van der Waals surface area contributed by atoms with Gasteiger partial charge in [0.15, 0.2) is 5.49 Å². The second-order valence-electron chi connectivity index (χ2n) is 5.82. The van der Waals surface area contributed by atoms with Crippen LogP contribution in [0.25, 0.3) is 17.5 Å². The largest absolute Gasteiger partial charge is 0.346 e. The normalized spacial score (nSPS) is 15.6. The number of nitrogens with one attached hydrogen (secondary N) is 1. The molecule has 1 atom stereocenters. The maximum atomic E-state index is 12.4. The van der Waals surface area contributed by atoms with Gasteiger partial charge in [-0.15, -0.1) is 0 Å². The number of hydrogen-bond donors (Lipinski definition) is 1. The SMILES string of the molecule is CCn1cc(-c2noc(CNC(=O)C3C=c4cccnc4=NC3=O)n2)cn1. The minimum Gasteiger partial charge on any atom is -0.346 e. The fraction of sp³-hybridized carbons (Fsp3) is 0.235. The first-order chi connectivity index (χ1) is 13.1. The number of aryl methyl sites for hydroxylation is 1. The average molecular weight is 365 g/mol. The summed E-state index contributed by atoms with van der Waals surface area (Å²) in [7, 11) is 0. The molecule has 10 heteroatoms. The summed E-state index contributed by atoms with van der Waals surface area (Å²) in [5.41, 5.74) is 1.04. The maximum absolute atomic E-state index is 12.4. The van der Waals surface area contributed by atoms with Gasteiger partial charge in [0.1, 0.15) is 5.92 Å². The third-order valence-electron chi connectivity index (χ3n) is 4.03. The molecule has 0 aromatic carbocycles. The van der Waals surface area contributed by atoms with E-state index in [1.165, 1.54) is 0 Å². The van der Waals surface area contributed by atoms with E-state index in [4.69, 9.17) is 4.52 Å². The molecule has 1 N–H and O–H groups in total. The van der Waals surface area contributed by atoms with Crippen LogP contribution < -0.4 is 16.0 Å². The van der Waals surface area contributed by atoms with Gasteiger partial charge in [0.2, 0.25) is 17.6 Å². The van der Waals surface area contributed by atoms with Gasteiger partial charge in [-0.2, -0.15) is 15.1 Å². The van der Waals surface area contributed by atoms with Gasteiger partial charge in [0, 0.05) is 24.2 Å². The lowest BCUT2D eigenvalue weighted by Crippen LogP contribution is -2.41. The predicted molar refractivity (Wildman–Crippen MR) is 91.0 cm³/mol. The Morgan fingerprint density at radius 3 is 3.11 bits per heavy atom. The summed E-state index contributed by atoms with van der Waals surface area (Å²) in [5, 5.41) is 11.3. The summed E-state index contributed by atoms with van der Waals surface area (Å²) in [4.78, 5) is 36.5. The van der Waals surface area contributed by atoms with Crippen molar-refractivity contribution in [1.29, 1.82) is 0 Å². The smallest absolute Gasteiger partial charge is 0.264 e. The first-order valence-electron chi connectivity index (χ1n) is 8.32. The first-order valence-corrected chi connectivity index (χ1v) is 8.32. The van der Waals surface area contributed by atoms with Crippen LogP contribution >= 0.6 is 0 Å². The Kier molecular flexibility index (Phi) is 4.29. The summed E-state index contributed by atoms with van der Waals surface area (Å²) in [6.07, 6.45) is 6.53. The number of carbonyl (C=O) groups is 2. The second-order valence-corrected chi connectivity index (χ2v) is 5.82. The fourth-order valence-corrected chi connectivity index (χ4v) is 2.61. The zero-order chi connectivity index (χ0) is 18.8. The molecule has 1 aliphatic heterocycles. The maximum Gasteiger partial charge on any atom is 0.264 e. The van der Waals surface area contributed by atoms with Gasteiger partial charge in [-0.3, -0.25) is 14.3 Å². The van der Waals surface area contributed by atoms with Crippen molar-refractivity contribution < 1.29 is 14.1 Å². The van der Waals surface area contributed by atoms with Crippen molar-refractivity contribution in [2.75, 3.05) is 0 Å². The van der Waals surface area contributed by atoms with Crippen molar-refractivity contribution in [3.8, 4) is 11.4 Å². The van der Waals surface area contributed by atoms with Crippen molar-refractivity contribution in [2.24, 2.45) is 10.9 Å². The Hall–Kier alpha value is -3.69. The molecule has 1 unspecified atom stereocenters. The zero-order valence-electron chi connectivity index (χ0n) is 14.4. The number of pyridine rings is 1. The molecular formula is C17H15N7O3. The highest BCUT2D eigenvalue weighted by atomic mass is 16.5. The van der Waals surface area contributed by atoms with Crippen molar-refractivity contribution in [2.45, 2.75) is 20.0 Å². The van der Waals surface area contributed by atoms with Crippen LogP contribution in [-0.2, 0) is 22.7 Å². The van der Waals surface area contributed by atoms with E-state index in [2.05, 4.69) is 30.5 Å². The van der Waals surface area contributed by atoms with E-state index in [1.54, 1.807) is 41.5 Å². The Bertz CT molecular complexity index is 1130. The lowest BCUT2D eigenvalue weighted by molar-refractivity contribution is -0.131. The van der Waals surface area contributed by atoms with E-state index >= 15 is 0 Å². The fourth-order valence-electron chi connectivity index (χ4n) is 2.61. The van der Waals surface area contributed by atoms with Gasteiger partial charge in [-0.25, -0.2) is 4.98 Å². The average Bonchev–Trinajstić information content (AvgIpc) is 3.34. The lowest BCUT2D eigenvalue weighted by atomic mass is 10.0. The zero-order valence-corrected chi connectivity index (χ0v) is 14.4. The van der Waals surface area contributed by atoms with Crippen molar-refractivity contribution >= 4 is 17.9 Å². The number of amides is 2. The minimum atomic E-state index is -1.01. The van der Waals surface area contributed by atoms with Crippen LogP contribution in [0, 0.1) is 5.92 Å². The summed E-state index contributed by atoms with van der Waals surface area (Å²) in [5.74, 6) is -1.44. The molecule has 0 radical (unpaired) electrons. The molecule has 4 heterocycles. The van der Waals surface area contributed by atoms with Gasteiger partial charge in [-0.05, 0) is 19.1 Å². The molecule has 0 saturated heterocycles. The van der Waals surface area contributed by atoms with Crippen LogP contribution in [0.3, 0.4) is 0 Å². The predicted octanol–water partition coefficient (Wildman–Crippen LogP) is -0.779. The van der Waals surface area contributed by atoms with Crippen molar-refractivity contribution in [1.82, 2.24) is 30.2 Å². The lowest BCUT2D eigenvalue weighted by Gasteiger charge is -2.11. The molecule has 0 aliphatic carbocycles. The highest BCUT2D eigenvalue weighted by Gasteiger charge is 2.26. The van der Waals surface area contributed by atoms with E-state index in [0.29, 0.717) is 16.5 Å². The summed E-state index contributed by atoms with van der Waals surface area (Å²) in [6, 6.07) is 3.47. The quantitative estimate of drug-likeness (QED) is 0.587. The molecule has 0 saturated carbocycles. The number of aromatic nitrogens is 5. The monoisotopic (exact) mass is 365 g/mol. The van der Waals surface area contributed by atoms with Crippen LogP contribution in [0.4, 0.5) is 0 Å². The third kappa shape index (κ3) is 3.36. The van der Waals surface area contributed by atoms with Crippen LogP contribution in [0.2, 0.25) is 0 Å². The molecule has 1 aliphatic rings. The third-order valence-corrected chi connectivity index (χ3v) is 4.03. The van der Waals surface area contributed by atoms with Crippen LogP contribution in [0.1, 0.15) is 12.8 Å². The van der Waals surface area contributed by atoms with Gasteiger partial charge in [0.05, 0.1) is 18.3 Å². The summed E-state index contributed by atoms with van der Waals surface area (Å²) >= 11 is 0. The molecule has 0 spiro atoms. The summed E-state index contributed by atoms with van der Waals surface area (Å²) < 4.78 is 6.89. The second kappa shape index (κ2) is 6.90. The number of hydrogen-bond acceptors (Lipinski definition) is 7. The number of carbonyl (C=O) groups excluding carboxylic acids is 2. The topological polar surface area (TPSA) is 128 Å². The highest BCUT2D eigenvalue weighted by Crippen LogP contribution is 2.14. The van der Waals surface area contributed by atoms with E-state index in [-0.39, 0.29) is 12.4 Å². The van der Waals surface area contributed by atoms with Gasteiger partial charge >= 0.3 is 0 Å². The molecule has 2 amide bonds. The molecule has 0 fully saturated rings. The van der Waals surface area contributed by atoms with Crippen LogP contribution in [-0.4, -0.2) is 36.7 Å². The van der Waals surface area contributed by atoms with Crippen LogP contribution in [0.15, 0.2) is 40.2 Å². The molecule has 10 nitrogen and oxygen atoms in total. The van der Waals surface area contributed by atoms with Crippen LogP contribution in [0.5, 0.6) is 0 Å².